The van der Waals surface area contributed by atoms with Crippen molar-refractivity contribution in [2.75, 3.05) is 5.32 Å². The van der Waals surface area contributed by atoms with Gasteiger partial charge in [0.15, 0.2) is 0 Å². The average Bonchev–Trinajstić information content (AvgIpc) is 2.59. The number of carbonyl (C=O) groups is 1. The zero-order valence-corrected chi connectivity index (χ0v) is 9.51. The molecule has 4 nitrogen and oxygen atoms in total. The van der Waals surface area contributed by atoms with Crippen molar-refractivity contribution in [1.82, 2.24) is 5.43 Å². The molecule has 16 heavy (non-hydrogen) atoms. The van der Waals surface area contributed by atoms with E-state index in [-0.39, 0.29) is 5.91 Å². The molecule has 2 N–H and O–H groups in total. The van der Waals surface area contributed by atoms with Gasteiger partial charge in [-0.15, -0.1) is 0 Å². The number of hydrogen-bond donors (Lipinski definition) is 2. The van der Waals surface area contributed by atoms with Crippen molar-refractivity contribution in [2.24, 2.45) is 5.10 Å². The van der Waals surface area contributed by atoms with Gasteiger partial charge in [-0.05, 0) is 18.2 Å². The van der Waals surface area contributed by atoms with Gasteiger partial charge in [0.2, 0.25) is 0 Å². The van der Waals surface area contributed by atoms with E-state index in [1.807, 2.05) is 0 Å². The molecule has 0 spiro atoms. The normalized spacial score (nSPS) is 16.6. The summed E-state index contributed by atoms with van der Waals surface area (Å²) in [5, 5.41) is 7.58. The number of rotatable bonds is 2. The molecule has 0 saturated heterocycles. The number of carbonyl (C=O) groups excluding carboxylic acids is 1. The largest absolute Gasteiger partial charge is 0.361 e. The predicted molar refractivity (Wildman–Crippen MR) is 64.8 cm³/mol. The van der Waals surface area contributed by atoms with Gasteiger partial charge in [-0.1, -0.05) is 23.2 Å². The van der Waals surface area contributed by atoms with Crippen LogP contribution in [0.15, 0.2) is 35.1 Å². The summed E-state index contributed by atoms with van der Waals surface area (Å²) in [6.45, 7) is 0. The second-order valence-corrected chi connectivity index (χ2v) is 3.97. The highest BCUT2D eigenvalue weighted by molar-refractivity contribution is 6.35. The number of hydrazone groups is 1. The summed E-state index contributed by atoms with van der Waals surface area (Å²) in [5.41, 5.74) is 3.45. The van der Waals surface area contributed by atoms with E-state index in [1.54, 1.807) is 18.2 Å². The van der Waals surface area contributed by atoms with Crippen LogP contribution in [0, 0.1) is 0 Å². The molecule has 0 unspecified atom stereocenters. The van der Waals surface area contributed by atoms with E-state index in [0.29, 0.717) is 21.3 Å². The Hall–Kier alpha value is -1.52. The lowest BCUT2D eigenvalue weighted by Gasteiger charge is -2.02. The number of benzene rings is 1. The van der Waals surface area contributed by atoms with Crippen LogP contribution in [0.5, 0.6) is 0 Å². The van der Waals surface area contributed by atoms with Gasteiger partial charge in [-0.3, -0.25) is 4.79 Å². The predicted octanol–water partition coefficient (Wildman–Crippen LogP) is 2.40. The van der Waals surface area contributed by atoms with Crippen molar-refractivity contribution in [3.8, 4) is 0 Å². The molecule has 1 aromatic carbocycles. The van der Waals surface area contributed by atoms with Gasteiger partial charge in [0.25, 0.3) is 5.91 Å². The third-order valence-electron chi connectivity index (χ3n) is 1.89. The van der Waals surface area contributed by atoms with Crippen LogP contribution in [-0.4, -0.2) is 12.1 Å². The van der Waals surface area contributed by atoms with E-state index in [1.165, 1.54) is 12.4 Å². The molecular weight excluding hydrogens is 249 g/mol. The molecule has 0 fully saturated rings. The summed E-state index contributed by atoms with van der Waals surface area (Å²) in [5.74, 6) is -0.249. The standard InChI is InChI=1S/C10H7Cl2N3O/c11-7-1-8(12)3-9(2-7)13-4-6-5-14-15-10(6)16/h1-5,13H,(H,15,16)/b6-4-. The smallest absolute Gasteiger partial charge is 0.274 e. The lowest BCUT2D eigenvalue weighted by Crippen LogP contribution is -2.12. The zero-order chi connectivity index (χ0) is 11.5. The minimum atomic E-state index is -0.249. The average molecular weight is 256 g/mol. The molecular formula is C10H7Cl2N3O. The Morgan fingerprint density at radius 2 is 1.94 bits per heavy atom. The Bertz CT molecular complexity index is 477. The Balaban J connectivity index is 2.15. The van der Waals surface area contributed by atoms with Crippen molar-refractivity contribution in [3.63, 3.8) is 0 Å². The van der Waals surface area contributed by atoms with Gasteiger partial charge >= 0.3 is 0 Å². The maximum atomic E-state index is 11.1. The van der Waals surface area contributed by atoms with E-state index < -0.39 is 0 Å². The van der Waals surface area contributed by atoms with Crippen LogP contribution in [0.3, 0.4) is 0 Å². The first kappa shape index (κ1) is 11.0. The summed E-state index contributed by atoms with van der Waals surface area (Å²) >= 11 is 11.6. The first-order chi connectivity index (χ1) is 7.65. The van der Waals surface area contributed by atoms with Crippen molar-refractivity contribution in [1.29, 1.82) is 0 Å². The number of halogens is 2. The van der Waals surface area contributed by atoms with E-state index >= 15 is 0 Å². The first-order valence-corrected chi connectivity index (χ1v) is 5.17. The van der Waals surface area contributed by atoms with Crippen LogP contribution in [0.25, 0.3) is 0 Å². The highest BCUT2D eigenvalue weighted by Crippen LogP contribution is 2.22. The number of nitrogens with one attached hydrogen (secondary N) is 2. The van der Waals surface area contributed by atoms with Crippen molar-refractivity contribution in [2.45, 2.75) is 0 Å². The third kappa shape index (κ3) is 2.53. The van der Waals surface area contributed by atoms with Crippen LogP contribution >= 0.6 is 23.2 Å². The van der Waals surface area contributed by atoms with Crippen LogP contribution in [0.2, 0.25) is 10.0 Å². The first-order valence-electron chi connectivity index (χ1n) is 4.41. The Morgan fingerprint density at radius 1 is 1.25 bits per heavy atom. The number of nitrogens with zero attached hydrogens (tertiary/aromatic N) is 1. The molecule has 1 aliphatic rings. The maximum absolute atomic E-state index is 11.1. The fourth-order valence-electron chi connectivity index (χ4n) is 1.18. The molecule has 1 aromatic rings. The van der Waals surface area contributed by atoms with E-state index in [2.05, 4.69) is 15.8 Å². The Labute approximate surface area is 102 Å². The Kier molecular flexibility index (Phi) is 3.12. The molecule has 2 rings (SSSR count). The second kappa shape index (κ2) is 4.55. The molecule has 0 saturated carbocycles. The molecule has 82 valence electrons. The summed E-state index contributed by atoms with van der Waals surface area (Å²) in [7, 11) is 0. The summed E-state index contributed by atoms with van der Waals surface area (Å²) < 4.78 is 0. The quantitative estimate of drug-likeness (QED) is 0.798. The fraction of sp³-hybridized carbons (Fsp3) is 0. The zero-order valence-electron chi connectivity index (χ0n) is 8.00. The lowest BCUT2D eigenvalue weighted by atomic mass is 10.3. The number of amides is 1. The lowest BCUT2D eigenvalue weighted by molar-refractivity contribution is -0.116. The topological polar surface area (TPSA) is 53.5 Å². The second-order valence-electron chi connectivity index (χ2n) is 3.10. The fourth-order valence-corrected chi connectivity index (χ4v) is 1.71. The van der Waals surface area contributed by atoms with E-state index in [4.69, 9.17) is 23.2 Å². The van der Waals surface area contributed by atoms with Gasteiger partial charge in [0.1, 0.15) is 0 Å². The third-order valence-corrected chi connectivity index (χ3v) is 2.33. The van der Waals surface area contributed by atoms with Gasteiger partial charge in [-0.2, -0.15) is 5.10 Å². The highest BCUT2D eigenvalue weighted by atomic mass is 35.5. The number of hydrogen-bond acceptors (Lipinski definition) is 3. The minimum Gasteiger partial charge on any atom is -0.361 e. The SMILES string of the molecule is O=C1NN=C/C1=C/Nc1cc(Cl)cc(Cl)c1. The maximum Gasteiger partial charge on any atom is 0.274 e. The van der Waals surface area contributed by atoms with Crippen LogP contribution < -0.4 is 10.7 Å². The summed E-state index contributed by atoms with van der Waals surface area (Å²) in [4.78, 5) is 11.1. The highest BCUT2D eigenvalue weighted by Gasteiger charge is 2.11. The van der Waals surface area contributed by atoms with Crippen molar-refractivity contribution >= 4 is 41.0 Å². The number of anilines is 1. The summed E-state index contributed by atoms with van der Waals surface area (Å²) in [6.07, 6.45) is 2.97. The molecule has 0 aliphatic carbocycles. The van der Waals surface area contributed by atoms with Gasteiger partial charge < -0.3 is 5.32 Å². The minimum absolute atomic E-state index is 0.249. The Morgan fingerprint density at radius 3 is 2.50 bits per heavy atom. The van der Waals surface area contributed by atoms with Crippen LogP contribution in [0.1, 0.15) is 0 Å². The van der Waals surface area contributed by atoms with E-state index in [9.17, 15) is 4.79 Å². The van der Waals surface area contributed by atoms with Crippen LogP contribution in [-0.2, 0) is 4.79 Å². The van der Waals surface area contributed by atoms with Gasteiger partial charge in [0, 0.05) is 21.9 Å². The molecule has 0 aromatic heterocycles. The monoisotopic (exact) mass is 255 g/mol. The summed E-state index contributed by atoms with van der Waals surface area (Å²) in [6, 6.07) is 5.04. The van der Waals surface area contributed by atoms with Gasteiger partial charge in [0.05, 0.1) is 11.8 Å². The molecule has 0 radical (unpaired) electrons. The van der Waals surface area contributed by atoms with Crippen molar-refractivity contribution in [3.05, 3.63) is 40.0 Å². The van der Waals surface area contributed by atoms with Crippen LogP contribution in [0.4, 0.5) is 5.69 Å². The van der Waals surface area contributed by atoms with E-state index in [0.717, 1.165) is 0 Å². The molecule has 1 aliphatic heterocycles. The van der Waals surface area contributed by atoms with Crippen molar-refractivity contribution < 1.29 is 4.79 Å². The molecule has 1 heterocycles. The molecule has 0 bridgehead atoms. The molecule has 1 amide bonds. The molecule has 0 atom stereocenters. The molecule has 6 heteroatoms. The van der Waals surface area contributed by atoms with Gasteiger partial charge in [-0.25, -0.2) is 5.43 Å².